The summed E-state index contributed by atoms with van der Waals surface area (Å²) < 4.78 is 1.67. The van der Waals surface area contributed by atoms with Gasteiger partial charge in [-0.1, -0.05) is 11.8 Å². The minimum Gasteiger partial charge on any atom is -0.312 e. The van der Waals surface area contributed by atoms with E-state index >= 15 is 0 Å². The summed E-state index contributed by atoms with van der Waals surface area (Å²) in [6, 6.07) is 4.01. The van der Waals surface area contributed by atoms with Gasteiger partial charge in [-0.15, -0.1) is 5.10 Å². The molecule has 7 heteroatoms. The van der Waals surface area contributed by atoms with Gasteiger partial charge in [-0.25, -0.2) is 4.68 Å². The van der Waals surface area contributed by atoms with Crippen LogP contribution in [0.15, 0.2) is 29.7 Å². The number of nitrogens with zero attached hydrogens (tertiary/aromatic N) is 5. The van der Waals surface area contributed by atoms with E-state index in [2.05, 4.69) is 25.8 Å². The fourth-order valence-corrected chi connectivity index (χ4v) is 2.04. The minimum absolute atomic E-state index is 0.843. The molecule has 0 saturated heterocycles. The van der Waals surface area contributed by atoms with Crippen LogP contribution in [0, 0.1) is 0 Å². The van der Waals surface area contributed by atoms with Gasteiger partial charge in [0, 0.05) is 38.3 Å². The highest BCUT2D eigenvalue weighted by molar-refractivity contribution is 7.99. The van der Waals surface area contributed by atoms with Crippen molar-refractivity contribution in [2.24, 2.45) is 7.05 Å². The lowest BCUT2D eigenvalue weighted by atomic mass is 10.3. The first-order chi connectivity index (χ1) is 8.36. The van der Waals surface area contributed by atoms with Crippen molar-refractivity contribution in [2.45, 2.75) is 11.7 Å². The normalized spacial score (nSPS) is 10.6. The van der Waals surface area contributed by atoms with E-state index in [4.69, 9.17) is 0 Å². The van der Waals surface area contributed by atoms with Gasteiger partial charge in [0.2, 0.25) is 5.16 Å². The summed E-state index contributed by atoms with van der Waals surface area (Å²) in [6.07, 6.45) is 3.61. The maximum Gasteiger partial charge on any atom is 0.209 e. The number of tetrazole rings is 1. The predicted molar refractivity (Wildman–Crippen MR) is 65.5 cm³/mol. The molecule has 2 rings (SSSR count). The zero-order valence-corrected chi connectivity index (χ0v) is 10.4. The standard InChI is InChI=1S/C10H14N6S/c1-16-10(13-14-15-16)17-7-6-12-8-9-2-4-11-5-3-9/h2-5,12H,6-8H2,1H3. The Hall–Kier alpha value is -1.47. The lowest BCUT2D eigenvalue weighted by molar-refractivity contribution is 0.663. The van der Waals surface area contributed by atoms with Gasteiger partial charge in [0.05, 0.1) is 0 Å². The maximum atomic E-state index is 3.98. The lowest BCUT2D eigenvalue weighted by Gasteiger charge is -2.03. The molecule has 0 unspecified atom stereocenters. The third-order valence-corrected chi connectivity index (χ3v) is 3.18. The van der Waals surface area contributed by atoms with Gasteiger partial charge in [-0.2, -0.15) is 0 Å². The Morgan fingerprint density at radius 1 is 1.35 bits per heavy atom. The summed E-state index contributed by atoms with van der Waals surface area (Å²) in [4.78, 5) is 3.98. The van der Waals surface area contributed by atoms with Crippen LogP contribution in [0.3, 0.4) is 0 Å². The van der Waals surface area contributed by atoms with E-state index in [9.17, 15) is 0 Å². The highest BCUT2D eigenvalue weighted by Crippen LogP contribution is 2.10. The average Bonchev–Trinajstić information content (AvgIpc) is 2.76. The zero-order chi connectivity index (χ0) is 11.9. The van der Waals surface area contributed by atoms with Crippen molar-refractivity contribution in [1.82, 2.24) is 30.5 Å². The van der Waals surface area contributed by atoms with E-state index in [0.29, 0.717) is 0 Å². The second kappa shape index (κ2) is 6.31. The molecule has 0 saturated carbocycles. The highest BCUT2D eigenvalue weighted by atomic mass is 32.2. The van der Waals surface area contributed by atoms with Crippen LogP contribution in [0.4, 0.5) is 0 Å². The molecule has 2 aromatic rings. The molecule has 2 heterocycles. The second-order valence-electron chi connectivity index (χ2n) is 3.47. The number of nitrogens with one attached hydrogen (secondary N) is 1. The van der Waals surface area contributed by atoms with E-state index < -0.39 is 0 Å². The van der Waals surface area contributed by atoms with Crippen LogP contribution in [-0.4, -0.2) is 37.5 Å². The van der Waals surface area contributed by atoms with Crippen LogP contribution in [0.5, 0.6) is 0 Å². The van der Waals surface area contributed by atoms with Crippen molar-refractivity contribution < 1.29 is 0 Å². The first-order valence-electron chi connectivity index (χ1n) is 5.31. The fourth-order valence-electron chi connectivity index (χ4n) is 1.29. The molecule has 0 bridgehead atoms. The van der Waals surface area contributed by atoms with Gasteiger partial charge in [-0.3, -0.25) is 4.98 Å². The molecule has 1 N–H and O–H groups in total. The summed E-state index contributed by atoms with van der Waals surface area (Å²) in [7, 11) is 1.84. The van der Waals surface area contributed by atoms with Crippen LogP contribution in [0.1, 0.15) is 5.56 Å². The van der Waals surface area contributed by atoms with Crippen molar-refractivity contribution >= 4 is 11.8 Å². The van der Waals surface area contributed by atoms with Gasteiger partial charge < -0.3 is 5.32 Å². The Bertz CT molecular complexity index is 443. The van der Waals surface area contributed by atoms with Crippen LogP contribution < -0.4 is 5.32 Å². The van der Waals surface area contributed by atoms with Crippen molar-refractivity contribution in [2.75, 3.05) is 12.3 Å². The summed E-state index contributed by atoms with van der Waals surface area (Å²) in [5.41, 5.74) is 1.24. The topological polar surface area (TPSA) is 68.5 Å². The summed E-state index contributed by atoms with van der Waals surface area (Å²) in [5.74, 6) is 0.944. The summed E-state index contributed by atoms with van der Waals surface area (Å²) in [5, 5.41) is 15.5. The average molecular weight is 250 g/mol. The number of rotatable bonds is 6. The van der Waals surface area contributed by atoms with E-state index in [0.717, 1.165) is 24.0 Å². The molecule has 17 heavy (non-hydrogen) atoms. The molecule has 6 nitrogen and oxygen atoms in total. The number of aryl methyl sites for hydroxylation is 1. The molecule has 0 aliphatic heterocycles. The second-order valence-corrected chi connectivity index (χ2v) is 4.53. The van der Waals surface area contributed by atoms with Gasteiger partial charge in [0.25, 0.3) is 0 Å². The largest absolute Gasteiger partial charge is 0.312 e. The van der Waals surface area contributed by atoms with Gasteiger partial charge >= 0.3 is 0 Å². The molecule has 2 aromatic heterocycles. The van der Waals surface area contributed by atoms with Gasteiger partial charge in [-0.05, 0) is 28.1 Å². The third kappa shape index (κ3) is 3.79. The number of aromatic nitrogens is 5. The maximum absolute atomic E-state index is 3.98. The molecule has 90 valence electrons. The lowest BCUT2D eigenvalue weighted by Crippen LogP contribution is -2.16. The molecular weight excluding hydrogens is 236 g/mol. The Kier molecular flexibility index (Phi) is 4.45. The van der Waals surface area contributed by atoms with Crippen molar-refractivity contribution in [3.8, 4) is 0 Å². The van der Waals surface area contributed by atoms with Crippen LogP contribution in [0.25, 0.3) is 0 Å². The Morgan fingerprint density at radius 2 is 2.18 bits per heavy atom. The Labute approximate surface area is 104 Å². The molecule has 0 aliphatic carbocycles. The SMILES string of the molecule is Cn1nnnc1SCCNCc1ccncc1. The summed E-state index contributed by atoms with van der Waals surface area (Å²) >= 11 is 1.64. The predicted octanol–water partition coefficient (Wildman–Crippen LogP) is 0.487. The van der Waals surface area contributed by atoms with E-state index in [1.165, 1.54) is 5.56 Å². The third-order valence-electron chi connectivity index (χ3n) is 2.17. The highest BCUT2D eigenvalue weighted by Gasteiger charge is 2.01. The molecule has 0 aromatic carbocycles. The first kappa shape index (κ1) is 12.0. The molecule has 0 amide bonds. The van der Waals surface area contributed by atoms with E-state index in [1.807, 2.05) is 19.2 Å². The van der Waals surface area contributed by atoms with Gasteiger partial charge in [0.15, 0.2) is 0 Å². The number of pyridine rings is 1. The first-order valence-corrected chi connectivity index (χ1v) is 6.29. The molecule has 0 fully saturated rings. The Morgan fingerprint density at radius 3 is 2.88 bits per heavy atom. The molecule has 0 atom stereocenters. The van der Waals surface area contributed by atoms with Crippen molar-refractivity contribution in [3.63, 3.8) is 0 Å². The number of thioether (sulfide) groups is 1. The molecular formula is C10H14N6S. The van der Waals surface area contributed by atoms with Crippen molar-refractivity contribution in [1.29, 1.82) is 0 Å². The Balaban J connectivity index is 1.63. The summed E-state index contributed by atoms with van der Waals surface area (Å²) in [6.45, 7) is 1.78. The number of hydrogen-bond donors (Lipinski definition) is 1. The molecule has 0 spiro atoms. The molecule has 0 aliphatic rings. The van der Waals surface area contributed by atoms with E-state index in [1.54, 1.807) is 28.8 Å². The van der Waals surface area contributed by atoms with Crippen LogP contribution in [-0.2, 0) is 13.6 Å². The molecule has 0 radical (unpaired) electrons. The van der Waals surface area contributed by atoms with E-state index in [-0.39, 0.29) is 0 Å². The monoisotopic (exact) mass is 250 g/mol. The quantitative estimate of drug-likeness (QED) is 0.594. The van der Waals surface area contributed by atoms with Crippen LogP contribution in [0.2, 0.25) is 0 Å². The smallest absolute Gasteiger partial charge is 0.209 e. The minimum atomic E-state index is 0.843. The van der Waals surface area contributed by atoms with Crippen LogP contribution >= 0.6 is 11.8 Å². The van der Waals surface area contributed by atoms with Gasteiger partial charge in [0.1, 0.15) is 0 Å². The fraction of sp³-hybridized carbons (Fsp3) is 0.400. The number of hydrogen-bond acceptors (Lipinski definition) is 6. The zero-order valence-electron chi connectivity index (χ0n) is 9.58. The van der Waals surface area contributed by atoms with Crippen molar-refractivity contribution in [3.05, 3.63) is 30.1 Å².